The lowest BCUT2D eigenvalue weighted by Gasteiger charge is -2.34. The van der Waals surface area contributed by atoms with Crippen molar-refractivity contribution in [3.63, 3.8) is 0 Å². The van der Waals surface area contributed by atoms with Gasteiger partial charge < -0.3 is 76.0 Å². The van der Waals surface area contributed by atoms with Gasteiger partial charge >= 0.3 is 17.9 Å². The second kappa shape index (κ2) is 32.7. The highest BCUT2D eigenvalue weighted by Gasteiger charge is 2.33. The summed E-state index contributed by atoms with van der Waals surface area (Å²) in [4.78, 5) is 108. The molecule has 1 aromatic rings. The third-order valence-corrected chi connectivity index (χ3v) is 9.12. The van der Waals surface area contributed by atoms with Crippen molar-refractivity contribution < 1.29 is 87.3 Å². The summed E-state index contributed by atoms with van der Waals surface area (Å²) >= 11 is 0. The molecule has 0 saturated heterocycles. The van der Waals surface area contributed by atoms with Crippen LogP contribution in [-0.4, -0.2) is 178 Å². The number of aliphatic carboxylic acids is 2. The Morgan fingerprint density at radius 3 is 1.69 bits per heavy atom. The van der Waals surface area contributed by atoms with E-state index >= 15 is 0 Å². The quantitative estimate of drug-likeness (QED) is 0.0349. The molecule has 1 rings (SSSR count). The highest BCUT2D eigenvalue weighted by atomic mass is 16.5. The third-order valence-electron chi connectivity index (χ3n) is 9.12. The van der Waals surface area contributed by atoms with Crippen LogP contribution in [-0.2, 0) is 57.3 Å². The summed E-state index contributed by atoms with van der Waals surface area (Å²) in [6.07, 6.45) is -0.975. The van der Waals surface area contributed by atoms with Gasteiger partial charge in [0.15, 0.2) is 0 Å². The molecule has 2 unspecified atom stereocenters. The molecule has 0 heterocycles. The highest BCUT2D eigenvalue weighted by molar-refractivity contribution is 5.89. The Balaban J connectivity index is 2.35. The maximum absolute atomic E-state index is 13.0. The van der Waals surface area contributed by atoms with Gasteiger partial charge in [-0.3, -0.25) is 33.6 Å². The number of hydrogen-bond donors (Lipinski definition) is 10. The lowest BCUT2D eigenvalue weighted by atomic mass is 9.73. The van der Waals surface area contributed by atoms with E-state index in [1.54, 1.807) is 12.1 Å². The van der Waals surface area contributed by atoms with Crippen LogP contribution in [0.15, 0.2) is 24.3 Å². The van der Waals surface area contributed by atoms with Gasteiger partial charge in [0.05, 0.1) is 65.0 Å². The fourth-order valence-corrected chi connectivity index (χ4v) is 6.34. The molecule has 24 nitrogen and oxygen atoms in total. The first-order chi connectivity index (χ1) is 31.6. The summed E-state index contributed by atoms with van der Waals surface area (Å²) in [6, 6.07) is 3.27. The van der Waals surface area contributed by atoms with Gasteiger partial charge in [-0.2, -0.15) is 0 Å². The zero-order valence-electron chi connectivity index (χ0n) is 38.6. The van der Waals surface area contributed by atoms with Crippen molar-refractivity contribution >= 4 is 53.4 Å². The van der Waals surface area contributed by atoms with Gasteiger partial charge in [0.1, 0.15) is 31.0 Å². The van der Waals surface area contributed by atoms with Crippen molar-refractivity contribution in [2.75, 3.05) is 92.2 Å². The minimum absolute atomic E-state index is 0.0157. The van der Waals surface area contributed by atoms with Crippen LogP contribution in [0.1, 0.15) is 76.6 Å². The Morgan fingerprint density at radius 2 is 1.12 bits per heavy atom. The second-order valence-corrected chi connectivity index (χ2v) is 16.7. The van der Waals surface area contributed by atoms with E-state index in [2.05, 4.69) is 31.9 Å². The predicted octanol–water partition coefficient (Wildman–Crippen LogP) is -1.18. The fraction of sp³-hybridized carbons (Fsp3) is 0.651. The molecule has 0 aliphatic heterocycles. The smallest absolute Gasteiger partial charge is 0.335 e. The molecule has 0 saturated carbocycles. The molecule has 24 heteroatoms. The first kappa shape index (κ1) is 59.1. The van der Waals surface area contributed by atoms with Crippen LogP contribution >= 0.6 is 0 Å². The second-order valence-electron chi connectivity index (χ2n) is 16.7. The number of ether oxygens (including phenoxy) is 5. The number of benzene rings is 1. The number of carbonyl (C=O) groups is 9. The van der Waals surface area contributed by atoms with Crippen molar-refractivity contribution in [2.24, 2.45) is 10.8 Å². The van der Waals surface area contributed by atoms with Gasteiger partial charge in [-0.25, -0.2) is 9.59 Å². The van der Waals surface area contributed by atoms with Crippen LogP contribution in [0.4, 0.5) is 0 Å². The number of carboxylic acid groups (broad SMARTS) is 3. The van der Waals surface area contributed by atoms with Gasteiger partial charge in [0.25, 0.3) is 0 Å². The summed E-state index contributed by atoms with van der Waals surface area (Å²) < 4.78 is 26.9. The molecule has 10 N–H and O–H groups in total. The van der Waals surface area contributed by atoms with E-state index in [1.165, 1.54) is 12.1 Å². The molecule has 0 fully saturated rings. The molecule has 0 aliphatic carbocycles. The summed E-state index contributed by atoms with van der Waals surface area (Å²) in [5.41, 5.74) is -0.928. The lowest BCUT2D eigenvalue weighted by molar-refractivity contribution is -0.143. The number of nitrogens with one attached hydrogen (secondary N) is 6. The Labute approximate surface area is 388 Å². The van der Waals surface area contributed by atoms with E-state index in [-0.39, 0.29) is 117 Å². The van der Waals surface area contributed by atoms with Crippen LogP contribution in [0.3, 0.4) is 0 Å². The molecule has 0 spiro atoms. The summed E-state index contributed by atoms with van der Waals surface area (Å²) in [5, 5.41) is 51.5. The average molecular weight is 957 g/mol. The van der Waals surface area contributed by atoms with Crippen molar-refractivity contribution in [2.45, 2.75) is 78.3 Å². The number of aliphatic hydroxyl groups is 1. The van der Waals surface area contributed by atoms with E-state index in [0.29, 0.717) is 12.2 Å². The van der Waals surface area contributed by atoms with Crippen LogP contribution < -0.4 is 36.6 Å². The number of hydrogen-bond acceptors (Lipinski definition) is 15. The van der Waals surface area contributed by atoms with E-state index in [9.17, 15) is 53.4 Å². The summed E-state index contributed by atoms with van der Waals surface area (Å²) in [5.74, 6) is -6.49. The van der Waals surface area contributed by atoms with Crippen LogP contribution in [0.25, 0.3) is 0 Å². The number of carboxylic acids is 3. The Kier molecular flexibility index (Phi) is 28.8. The third kappa shape index (κ3) is 30.1. The fourth-order valence-electron chi connectivity index (χ4n) is 6.34. The molecule has 378 valence electrons. The van der Waals surface area contributed by atoms with Gasteiger partial charge in [-0.15, -0.1) is 0 Å². The minimum Gasteiger partial charge on any atom is -0.493 e. The molecule has 0 radical (unpaired) electrons. The lowest BCUT2D eigenvalue weighted by Crippen LogP contribution is -2.48. The van der Waals surface area contributed by atoms with Gasteiger partial charge in [0, 0.05) is 38.9 Å². The first-order valence-corrected chi connectivity index (χ1v) is 21.6. The van der Waals surface area contributed by atoms with Crippen molar-refractivity contribution in [3.05, 3.63) is 29.8 Å². The maximum Gasteiger partial charge on any atom is 0.335 e. The largest absolute Gasteiger partial charge is 0.493 e. The van der Waals surface area contributed by atoms with E-state index in [1.807, 2.05) is 27.7 Å². The molecule has 0 bridgehead atoms. The highest BCUT2D eigenvalue weighted by Crippen LogP contribution is 2.36. The van der Waals surface area contributed by atoms with E-state index < -0.39 is 89.1 Å². The zero-order valence-corrected chi connectivity index (χ0v) is 38.6. The number of aliphatic hydroxyl groups excluding tert-OH is 1. The molecule has 0 aliphatic rings. The van der Waals surface area contributed by atoms with Crippen molar-refractivity contribution in [1.29, 1.82) is 0 Å². The number of carbonyl (C=O) groups excluding carboxylic acids is 6. The molecule has 6 amide bonds. The predicted molar refractivity (Wildman–Crippen MR) is 236 cm³/mol. The van der Waals surface area contributed by atoms with Gasteiger partial charge in [-0.05, 0) is 54.4 Å². The van der Waals surface area contributed by atoms with E-state index in [0.717, 1.165) is 0 Å². The summed E-state index contributed by atoms with van der Waals surface area (Å²) in [7, 11) is 0. The monoisotopic (exact) mass is 956 g/mol. The minimum atomic E-state index is -1.43. The topological polar surface area (TPSA) is 353 Å². The molecule has 0 aromatic heterocycles. The maximum atomic E-state index is 13.0. The van der Waals surface area contributed by atoms with Crippen molar-refractivity contribution in [3.8, 4) is 5.75 Å². The summed E-state index contributed by atoms with van der Waals surface area (Å²) in [6.45, 7) is 7.66. The SMILES string of the molecule is CC(C)(COc1ccc(C(=O)O)cc1)CC(C)(C)CC(=O)NC(CCC(=O)NC(CCC(=O)O)C(=O)NCCOCCOCC(=O)NCCOCCOCC(=O)NCC(=O)NCCO)C(=O)O. The van der Waals surface area contributed by atoms with E-state index in [4.69, 9.17) is 33.9 Å². The molecule has 2 atom stereocenters. The first-order valence-electron chi connectivity index (χ1n) is 21.6. The molecular weight excluding hydrogens is 888 g/mol. The van der Waals surface area contributed by atoms with Crippen LogP contribution in [0.2, 0.25) is 0 Å². The Morgan fingerprint density at radius 1 is 0.582 bits per heavy atom. The van der Waals surface area contributed by atoms with Crippen LogP contribution in [0, 0.1) is 10.8 Å². The molecule has 67 heavy (non-hydrogen) atoms. The average Bonchev–Trinajstić information content (AvgIpc) is 3.25. The van der Waals surface area contributed by atoms with Gasteiger partial charge in [0.2, 0.25) is 35.4 Å². The standard InChI is InChI=1S/C43H68N6O18/c1-42(2,27-43(3,4)28-67-30-7-5-29(6-8-30)40(59)60)23-34(52)49-32(41(61)62)9-11-33(51)48-31(10-12-38(56)57)39(58)46-15-18-64-20-21-65-25-36(54)45-14-17-63-19-22-66-26-37(55)47-24-35(53)44-13-16-50/h5-8,31-32,50H,9-28H2,1-4H3,(H,44,53)(H,45,54)(H,46,58)(H,47,55)(H,48,51)(H,49,52)(H,56,57)(H,59,60)(H,61,62). The van der Waals surface area contributed by atoms with Crippen LogP contribution in [0.5, 0.6) is 5.75 Å². The number of aromatic carboxylic acids is 1. The van der Waals surface area contributed by atoms with Gasteiger partial charge in [-0.1, -0.05) is 27.7 Å². The normalized spacial score (nSPS) is 12.2. The Bertz CT molecular complexity index is 1740. The Hall–Kier alpha value is -5.95. The van der Waals surface area contributed by atoms with Crippen molar-refractivity contribution in [1.82, 2.24) is 31.9 Å². The number of rotatable bonds is 38. The molecule has 1 aromatic carbocycles. The number of amides is 6. The molecular formula is C43H68N6O18. The zero-order chi connectivity index (χ0) is 50.3.